The minimum absolute atomic E-state index is 0.141. The average molecular weight is 380 g/mol. The first-order chi connectivity index (χ1) is 12.8. The van der Waals surface area contributed by atoms with Crippen LogP contribution in [-0.4, -0.2) is 31.2 Å². The SMILES string of the molecule is CN(Cc1ccc2c(c1)OCCO2)C(=O)NCc1ccc(C(F)(F)F)cc1. The van der Waals surface area contributed by atoms with Gasteiger partial charge in [-0.3, -0.25) is 0 Å². The fraction of sp³-hybridized carbons (Fsp3) is 0.316. The monoisotopic (exact) mass is 380 g/mol. The van der Waals surface area contributed by atoms with Crippen molar-refractivity contribution in [2.45, 2.75) is 19.3 Å². The Morgan fingerprint density at radius 3 is 2.33 bits per heavy atom. The Labute approximate surface area is 154 Å². The molecule has 1 N–H and O–H groups in total. The van der Waals surface area contributed by atoms with Crippen molar-refractivity contribution in [3.05, 3.63) is 59.2 Å². The van der Waals surface area contributed by atoms with Crippen LogP contribution in [0.25, 0.3) is 0 Å². The molecular weight excluding hydrogens is 361 g/mol. The fourth-order valence-electron chi connectivity index (χ4n) is 2.66. The third-order valence-corrected chi connectivity index (χ3v) is 4.10. The van der Waals surface area contributed by atoms with E-state index in [1.54, 1.807) is 13.1 Å². The Hall–Kier alpha value is -2.90. The highest BCUT2D eigenvalue weighted by atomic mass is 19.4. The van der Waals surface area contributed by atoms with Gasteiger partial charge in [-0.25, -0.2) is 4.79 Å². The minimum atomic E-state index is -4.37. The molecule has 8 heteroatoms. The smallest absolute Gasteiger partial charge is 0.416 e. The first kappa shape index (κ1) is 18.9. The van der Waals surface area contributed by atoms with E-state index < -0.39 is 11.7 Å². The second-order valence-electron chi connectivity index (χ2n) is 6.19. The Morgan fingerprint density at radius 2 is 1.67 bits per heavy atom. The number of nitrogens with zero attached hydrogens (tertiary/aromatic N) is 1. The number of hydrogen-bond acceptors (Lipinski definition) is 3. The van der Waals surface area contributed by atoms with Crippen LogP contribution in [0.5, 0.6) is 11.5 Å². The highest BCUT2D eigenvalue weighted by Gasteiger charge is 2.29. The normalized spacial score (nSPS) is 13.2. The Kier molecular flexibility index (Phi) is 5.43. The zero-order valence-corrected chi connectivity index (χ0v) is 14.7. The van der Waals surface area contributed by atoms with Crippen LogP contribution < -0.4 is 14.8 Å². The highest BCUT2D eigenvalue weighted by Crippen LogP contribution is 2.31. The van der Waals surface area contributed by atoms with Crippen molar-refractivity contribution in [1.29, 1.82) is 0 Å². The third kappa shape index (κ3) is 4.84. The molecule has 0 aliphatic carbocycles. The zero-order valence-electron chi connectivity index (χ0n) is 14.7. The van der Waals surface area contributed by atoms with E-state index in [-0.39, 0.29) is 12.6 Å². The maximum Gasteiger partial charge on any atom is 0.416 e. The number of nitrogens with one attached hydrogen (secondary N) is 1. The Bertz CT molecular complexity index is 807. The zero-order chi connectivity index (χ0) is 19.4. The molecule has 0 saturated carbocycles. The van der Waals surface area contributed by atoms with Crippen LogP contribution in [0.1, 0.15) is 16.7 Å². The van der Waals surface area contributed by atoms with E-state index in [0.717, 1.165) is 17.7 Å². The lowest BCUT2D eigenvalue weighted by molar-refractivity contribution is -0.137. The van der Waals surface area contributed by atoms with E-state index in [4.69, 9.17) is 9.47 Å². The summed E-state index contributed by atoms with van der Waals surface area (Å²) in [6.07, 6.45) is -4.37. The molecule has 0 atom stereocenters. The van der Waals surface area contributed by atoms with Gasteiger partial charge in [-0.2, -0.15) is 13.2 Å². The molecule has 1 aliphatic rings. The summed E-state index contributed by atoms with van der Waals surface area (Å²) < 4.78 is 48.7. The quantitative estimate of drug-likeness (QED) is 0.877. The van der Waals surface area contributed by atoms with Gasteiger partial charge in [0.25, 0.3) is 0 Å². The maximum absolute atomic E-state index is 12.6. The van der Waals surface area contributed by atoms with Crippen molar-refractivity contribution in [2.24, 2.45) is 0 Å². The predicted octanol–water partition coefficient (Wildman–Crippen LogP) is 3.82. The second-order valence-corrected chi connectivity index (χ2v) is 6.19. The minimum Gasteiger partial charge on any atom is -0.486 e. The average Bonchev–Trinajstić information content (AvgIpc) is 2.65. The number of fused-ring (bicyclic) bond motifs is 1. The van der Waals surface area contributed by atoms with Crippen molar-refractivity contribution in [3.8, 4) is 11.5 Å². The number of hydrogen-bond donors (Lipinski definition) is 1. The molecule has 2 aromatic rings. The lowest BCUT2D eigenvalue weighted by Gasteiger charge is -2.21. The van der Waals surface area contributed by atoms with Crippen LogP contribution in [0, 0.1) is 0 Å². The fourth-order valence-corrected chi connectivity index (χ4v) is 2.66. The number of benzene rings is 2. The van der Waals surface area contributed by atoms with Crippen LogP contribution in [0.2, 0.25) is 0 Å². The van der Waals surface area contributed by atoms with Crippen molar-refractivity contribution < 1.29 is 27.4 Å². The summed E-state index contributed by atoms with van der Waals surface area (Å²) in [7, 11) is 1.64. The van der Waals surface area contributed by atoms with Crippen LogP contribution >= 0.6 is 0 Å². The van der Waals surface area contributed by atoms with Crippen LogP contribution in [-0.2, 0) is 19.3 Å². The summed E-state index contributed by atoms with van der Waals surface area (Å²) in [5.41, 5.74) is 0.754. The third-order valence-electron chi connectivity index (χ3n) is 4.10. The van der Waals surface area contributed by atoms with Gasteiger partial charge in [0, 0.05) is 20.1 Å². The molecule has 3 rings (SSSR count). The van der Waals surface area contributed by atoms with Gasteiger partial charge in [0.15, 0.2) is 11.5 Å². The van der Waals surface area contributed by atoms with Gasteiger partial charge in [0.2, 0.25) is 0 Å². The van der Waals surface area contributed by atoms with Gasteiger partial charge in [-0.05, 0) is 35.4 Å². The van der Waals surface area contributed by atoms with E-state index in [9.17, 15) is 18.0 Å². The molecule has 2 amide bonds. The van der Waals surface area contributed by atoms with Crippen LogP contribution in [0.3, 0.4) is 0 Å². The van der Waals surface area contributed by atoms with Gasteiger partial charge in [-0.15, -0.1) is 0 Å². The molecular formula is C19H19F3N2O3. The van der Waals surface area contributed by atoms with Crippen molar-refractivity contribution >= 4 is 6.03 Å². The molecule has 144 valence electrons. The molecule has 0 aromatic heterocycles. The summed E-state index contributed by atoms with van der Waals surface area (Å²) in [6.45, 7) is 1.50. The largest absolute Gasteiger partial charge is 0.486 e. The molecule has 0 fully saturated rings. The molecule has 0 radical (unpaired) electrons. The Balaban J connectivity index is 1.53. The van der Waals surface area contributed by atoms with Gasteiger partial charge in [-0.1, -0.05) is 18.2 Å². The standard InChI is InChI=1S/C19H19F3N2O3/c1-24(12-14-4-7-16-17(10-14)27-9-8-26-16)18(25)23-11-13-2-5-15(6-3-13)19(20,21)22/h2-7,10H,8-9,11-12H2,1H3,(H,23,25). The number of carbonyl (C=O) groups is 1. The number of alkyl halides is 3. The lowest BCUT2D eigenvalue weighted by Crippen LogP contribution is -2.36. The van der Waals surface area contributed by atoms with Gasteiger partial charge >= 0.3 is 12.2 Å². The molecule has 1 aliphatic heterocycles. The molecule has 27 heavy (non-hydrogen) atoms. The van der Waals surface area contributed by atoms with Crippen LogP contribution in [0.15, 0.2) is 42.5 Å². The van der Waals surface area contributed by atoms with Crippen molar-refractivity contribution in [2.75, 3.05) is 20.3 Å². The predicted molar refractivity (Wildman–Crippen MR) is 92.6 cm³/mol. The van der Waals surface area contributed by atoms with Crippen molar-refractivity contribution in [1.82, 2.24) is 10.2 Å². The lowest BCUT2D eigenvalue weighted by atomic mass is 10.1. The van der Waals surface area contributed by atoms with E-state index in [1.807, 2.05) is 12.1 Å². The number of urea groups is 1. The molecule has 2 aromatic carbocycles. The number of halogens is 3. The maximum atomic E-state index is 12.6. The summed E-state index contributed by atoms with van der Waals surface area (Å²) in [6, 6.07) is 9.86. The van der Waals surface area contributed by atoms with Crippen LogP contribution in [0.4, 0.5) is 18.0 Å². The van der Waals surface area contributed by atoms with Gasteiger partial charge in [0.1, 0.15) is 13.2 Å². The number of amides is 2. The van der Waals surface area contributed by atoms with E-state index in [2.05, 4.69) is 5.32 Å². The molecule has 0 bridgehead atoms. The van der Waals surface area contributed by atoms with Crippen molar-refractivity contribution in [3.63, 3.8) is 0 Å². The molecule has 0 spiro atoms. The van der Waals surface area contributed by atoms with Gasteiger partial charge < -0.3 is 19.7 Å². The summed E-state index contributed by atoms with van der Waals surface area (Å²) in [5, 5.41) is 2.69. The topological polar surface area (TPSA) is 50.8 Å². The first-order valence-corrected chi connectivity index (χ1v) is 8.36. The van der Waals surface area contributed by atoms with E-state index in [1.165, 1.54) is 17.0 Å². The summed E-state index contributed by atoms with van der Waals surface area (Å²) in [5.74, 6) is 1.33. The summed E-state index contributed by atoms with van der Waals surface area (Å²) in [4.78, 5) is 13.7. The Morgan fingerprint density at radius 1 is 1.04 bits per heavy atom. The van der Waals surface area contributed by atoms with E-state index >= 15 is 0 Å². The number of ether oxygens (including phenoxy) is 2. The molecule has 1 heterocycles. The first-order valence-electron chi connectivity index (χ1n) is 8.36. The second kappa shape index (κ2) is 7.77. The molecule has 5 nitrogen and oxygen atoms in total. The van der Waals surface area contributed by atoms with Gasteiger partial charge in [0.05, 0.1) is 5.56 Å². The number of rotatable bonds is 4. The summed E-state index contributed by atoms with van der Waals surface area (Å²) >= 11 is 0. The molecule has 0 saturated heterocycles. The molecule has 0 unspecified atom stereocenters. The highest BCUT2D eigenvalue weighted by molar-refractivity contribution is 5.73. The van der Waals surface area contributed by atoms with E-state index in [0.29, 0.717) is 36.8 Å². The number of carbonyl (C=O) groups excluding carboxylic acids is 1.